The van der Waals surface area contributed by atoms with Crippen LogP contribution in [0.2, 0.25) is 0 Å². The number of tetrazole rings is 1. The van der Waals surface area contributed by atoms with Crippen molar-refractivity contribution in [3.05, 3.63) is 101 Å². The molecule has 5 N–H and O–H groups in total. The van der Waals surface area contributed by atoms with Crippen LogP contribution in [-0.2, 0) is 17.8 Å². The van der Waals surface area contributed by atoms with Gasteiger partial charge in [0.2, 0.25) is 5.91 Å². The Morgan fingerprint density at radius 2 is 1.72 bits per heavy atom. The number of nitrogens with zero attached hydrogens (tertiary/aromatic N) is 3. The van der Waals surface area contributed by atoms with Crippen LogP contribution in [0.25, 0.3) is 6.08 Å². The molecule has 1 heterocycles. The molecule has 160 valence electrons. The molecular weight excluding hydrogens is 402 g/mol. The molecule has 8 nitrogen and oxygen atoms in total. The third-order valence-electron chi connectivity index (χ3n) is 4.84. The first kappa shape index (κ1) is 20.8. The van der Waals surface area contributed by atoms with E-state index in [0.29, 0.717) is 24.3 Å². The number of amides is 1. The number of rotatable bonds is 8. The van der Waals surface area contributed by atoms with Crippen molar-refractivity contribution in [2.24, 2.45) is 0 Å². The Hall–Kier alpha value is -4.46. The van der Waals surface area contributed by atoms with Gasteiger partial charge in [0.05, 0.1) is 11.4 Å². The molecule has 4 rings (SSSR count). The number of nitrogen functional groups attached to an aromatic ring is 1. The van der Waals surface area contributed by atoms with Gasteiger partial charge >= 0.3 is 0 Å². The molecule has 0 spiro atoms. The normalized spacial score (nSPS) is 10.9. The van der Waals surface area contributed by atoms with E-state index in [1.807, 2.05) is 60.7 Å². The average molecular weight is 425 g/mol. The third kappa shape index (κ3) is 5.79. The largest absolute Gasteiger partial charge is 0.397 e. The zero-order valence-electron chi connectivity index (χ0n) is 17.3. The Bertz CT molecular complexity index is 1180. The number of H-pyrrole nitrogens is 1. The fraction of sp³-hybridized carbons (Fsp3) is 0.0833. The van der Waals surface area contributed by atoms with E-state index < -0.39 is 0 Å². The fourth-order valence-corrected chi connectivity index (χ4v) is 3.10. The average Bonchev–Trinajstić information content (AvgIpc) is 3.33. The summed E-state index contributed by atoms with van der Waals surface area (Å²) in [6.07, 6.45) is 3.93. The number of para-hydroxylation sites is 2. The summed E-state index contributed by atoms with van der Waals surface area (Å²) in [4.78, 5) is 12.1. The monoisotopic (exact) mass is 425 g/mol. The first-order chi connectivity index (χ1) is 15.7. The lowest BCUT2D eigenvalue weighted by Crippen LogP contribution is -2.09. The minimum Gasteiger partial charge on any atom is -0.397 e. The molecule has 0 saturated carbocycles. The van der Waals surface area contributed by atoms with Gasteiger partial charge in [0.15, 0.2) is 5.82 Å². The highest BCUT2D eigenvalue weighted by molar-refractivity contribution is 6.03. The molecule has 4 aromatic rings. The molecule has 0 fully saturated rings. The Balaban J connectivity index is 1.27. The molecule has 0 aliphatic rings. The van der Waals surface area contributed by atoms with Crippen molar-refractivity contribution >= 4 is 29.0 Å². The summed E-state index contributed by atoms with van der Waals surface area (Å²) < 4.78 is 0. The zero-order valence-corrected chi connectivity index (χ0v) is 17.3. The number of hydrogen-bond acceptors (Lipinski definition) is 6. The molecule has 0 aliphatic heterocycles. The van der Waals surface area contributed by atoms with Gasteiger partial charge in [-0.05, 0) is 57.5 Å². The van der Waals surface area contributed by atoms with E-state index in [1.54, 1.807) is 18.2 Å². The molecular formula is C24H23N7O. The fourth-order valence-electron chi connectivity index (χ4n) is 3.10. The number of carbonyl (C=O) groups excluding carboxylic acids is 1. The smallest absolute Gasteiger partial charge is 0.248 e. The van der Waals surface area contributed by atoms with Crippen molar-refractivity contribution in [3.8, 4) is 0 Å². The molecule has 0 bridgehead atoms. The molecule has 3 aromatic carbocycles. The Labute approximate surface area is 185 Å². The Morgan fingerprint density at radius 3 is 2.44 bits per heavy atom. The van der Waals surface area contributed by atoms with Crippen LogP contribution in [0.3, 0.4) is 0 Å². The van der Waals surface area contributed by atoms with E-state index in [0.717, 1.165) is 28.2 Å². The van der Waals surface area contributed by atoms with Crippen molar-refractivity contribution in [2.45, 2.75) is 13.0 Å². The zero-order chi connectivity index (χ0) is 22.2. The lowest BCUT2D eigenvalue weighted by atomic mass is 10.1. The number of hydrogen-bond donors (Lipinski definition) is 4. The summed E-state index contributed by atoms with van der Waals surface area (Å²) in [5.74, 6) is 0.512. The maximum absolute atomic E-state index is 12.1. The summed E-state index contributed by atoms with van der Waals surface area (Å²) in [6.45, 7) is 0.698. The summed E-state index contributed by atoms with van der Waals surface area (Å²) in [5, 5.41) is 20.0. The summed E-state index contributed by atoms with van der Waals surface area (Å²) in [7, 11) is 0. The number of nitrogens with two attached hydrogens (primary N) is 1. The van der Waals surface area contributed by atoms with Crippen molar-refractivity contribution in [3.63, 3.8) is 0 Å². The SMILES string of the molecule is Nc1ccccc1NC(=O)/C=C/c1ccc(CNc2ccc(Cc3nnn[nH]3)cc2)cc1. The van der Waals surface area contributed by atoms with E-state index in [4.69, 9.17) is 5.73 Å². The number of anilines is 3. The summed E-state index contributed by atoms with van der Waals surface area (Å²) in [6, 6.07) is 23.4. The van der Waals surface area contributed by atoms with Gasteiger partial charge in [-0.25, -0.2) is 5.10 Å². The summed E-state index contributed by atoms with van der Waals surface area (Å²) >= 11 is 0. The second kappa shape index (κ2) is 10.0. The molecule has 0 radical (unpaired) electrons. The predicted octanol–water partition coefficient (Wildman–Crippen LogP) is 3.64. The molecule has 0 saturated heterocycles. The van der Waals surface area contributed by atoms with Crippen LogP contribution in [0.1, 0.15) is 22.5 Å². The van der Waals surface area contributed by atoms with Crippen molar-refractivity contribution in [1.29, 1.82) is 0 Å². The van der Waals surface area contributed by atoms with Gasteiger partial charge in [-0.1, -0.05) is 48.5 Å². The van der Waals surface area contributed by atoms with Gasteiger partial charge < -0.3 is 16.4 Å². The number of aromatic amines is 1. The van der Waals surface area contributed by atoms with E-state index >= 15 is 0 Å². The second-order valence-corrected chi connectivity index (χ2v) is 7.23. The highest BCUT2D eigenvalue weighted by atomic mass is 16.1. The molecule has 1 amide bonds. The first-order valence-corrected chi connectivity index (χ1v) is 10.1. The Kier molecular flexibility index (Phi) is 6.52. The second-order valence-electron chi connectivity index (χ2n) is 7.23. The van der Waals surface area contributed by atoms with E-state index in [-0.39, 0.29) is 5.91 Å². The lowest BCUT2D eigenvalue weighted by Gasteiger charge is -2.08. The van der Waals surface area contributed by atoms with E-state index in [1.165, 1.54) is 6.08 Å². The number of aromatic nitrogens is 4. The van der Waals surface area contributed by atoms with Crippen LogP contribution < -0.4 is 16.4 Å². The quantitative estimate of drug-likeness (QED) is 0.253. The lowest BCUT2D eigenvalue weighted by molar-refractivity contribution is -0.111. The van der Waals surface area contributed by atoms with Gasteiger partial charge in [-0.15, -0.1) is 5.10 Å². The van der Waals surface area contributed by atoms with Crippen LogP contribution in [-0.4, -0.2) is 26.5 Å². The number of benzene rings is 3. The molecule has 32 heavy (non-hydrogen) atoms. The van der Waals surface area contributed by atoms with Crippen molar-refractivity contribution in [2.75, 3.05) is 16.4 Å². The Morgan fingerprint density at radius 1 is 0.969 bits per heavy atom. The van der Waals surface area contributed by atoms with Crippen molar-refractivity contribution in [1.82, 2.24) is 20.6 Å². The van der Waals surface area contributed by atoms with Gasteiger partial charge in [0, 0.05) is 24.7 Å². The molecule has 0 atom stereocenters. The van der Waals surface area contributed by atoms with Gasteiger partial charge in [0.25, 0.3) is 0 Å². The molecule has 0 aliphatic carbocycles. The minimum absolute atomic E-state index is 0.225. The predicted molar refractivity (Wildman–Crippen MR) is 126 cm³/mol. The highest BCUT2D eigenvalue weighted by Gasteiger charge is 2.02. The third-order valence-corrected chi connectivity index (χ3v) is 4.84. The van der Waals surface area contributed by atoms with Gasteiger partial charge in [0.1, 0.15) is 0 Å². The van der Waals surface area contributed by atoms with Crippen LogP contribution >= 0.6 is 0 Å². The maximum atomic E-state index is 12.1. The van der Waals surface area contributed by atoms with Gasteiger partial charge in [-0.2, -0.15) is 0 Å². The number of carbonyl (C=O) groups is 1. The maximum Gasteiger partial charge on any atom is 0.248 e. The first-order valence-electron chi connectivity index (χ1n) is 10.1. The standard InChI is InChI=1S/C24H23N7O/c25-21-3-1-2-4-22(21)27-24(32)14-11-17-5-7-19(8-6-17)16-26-20-12-9-18(10-13-20)15-23-28-30-31-29-23/h1-14,26H,15-16,25H2,(H,27,32)(H,28,29,30,31)/b14-11+. The van der Waals surface area contributed by atoms with Crippen LogP contribution in [0.15, 0.2) is 78.9 Å². The highest BCUT2D eigenvalue weighted by Crippen LogP contribution is 2.17. The van der Waals surface area contributed by atoms with Crippen LogP contribution in [0.5, 0.6) is 0 Å². The minimum atomic E-state index is -0.225. The van der Waals surface area contributed by atoms with E-state index in [2.05, 4.69) is 31.3 Å². The van der Waals surface area contributed by atoms with E-state index in [9.17, 15) is 4.79 Å². The van der Waals surface area contributed by atoms with Gasteiger partial charge in [-0.3, -0.25) is 4.79 Å². The molecule has 8 heteroatoms. The van der Waals surface area contributed by atoms with Crippen LogP contribution in [0, 0.1) is 0 Å². The topological polar surface area (TPSA) is 122 Å². The molecule has 1 aromatic heterocycles. The van der Waals surface area contributed by atoms with Crippen molar-refractivity contribution < 1.29 is 4.79 Å². The number of nitrogens with one attached hydrogen (secondary N) is 3. The molecule has 0 unspecified atom stereocenters. The summed E-state index contributed by atoms with van der Waals surface area (Å²) in [5.41, 5.74) is 11.2. The van der Waals surface area contributed by atoms with Crippen LogP contribution in [0.4, 0.5) is 17.1 Å².